The van der Waals surface area contributed by atoms with Gasteiger partial charge < -0.3 is 24.8 Å². The molecule has 33 heavy (non-hydrogen) atoms. The average molecular weight is 467 g/mol. The standard InChI is InChI=1S/C26H43FN2O4/c1-32-19-9-4-2-3-5-11-25(30)28-24(21-29-17-7-8-18-29)26(31)22-12-14-23(15-13-22)33-20-10-6-16-27/h12-15,24,26,31H,2-11,16-21H2,1H3,(H,28,30)/t24-,26-/m1/s1. The summed E-state index contributed by atoms with van der Waals surface area (Å²) >= 11 is 0. The molecule has 0 spiro atoms. The van der Waals surface area contributed by atoms with E-state index in [1.165, 1.54) is 0 Å². The molecule has 0 unspecified atom stereocenters. The first kappa shape index (κ1) is 27.5. The summed E-state index contributed by atoms with van der Waals surface area (Å²) < 4.78 is 22.9. The van der Waals surface area contributed by atoms with Crippen LogP contribution in [-0.2, 0) is 9.53 Å². The Labute approximate surface area is 198 Å². The molecule has 0 aliphatic carbocycles. The highest BCUT2D eigenvalue weighted by atomic mass is 19.1. The second-order valence-corrected chi connectivity index (χ2v) is 8.95. The van der Waals surface area contributed by atoms with Gasteiger partial charge in [0.15, 0.2) is 0 Å². The van der Waals surface area contributed by atoms with E-state index in [2.05, 4.69) is 10.2 Å². The predicted molar refractivity (Wildman–Crippen MR) is 129 cm³/mol. The number of aliphatic hydroxyl groups is 1. The Morgan fingerprint density at radius 2 is 1.70 bits per heavy atom. The van der Waals surface area contributed by atoms with E-state index in [1.54, 1.807) is 7.11 Å². The predicted octanol–water partition coefficient (Wildman–Crippen LogP) is 4.42. The summed E-state index contributed by atoms with van der Waals surface area (Å²) in [7, 11) is 1.72. The van der Waals surface area contributed by atoms with Crippen LogP contribution in [0.3, 0.4) is 0 Å². The second kappa shape index (κ2) is 16.8. The zero-order valence-corrected chi connectivity index (χ0v) is 20.3. The molecule has 1 heterocycles. The molecule has 1 aliphatic rings. The molecule has 1 aromatic rings. The van der Waals surface area contributed by atoms with Crippen LogP contribution in [0.25, 0.3) is 0 Å². The number of hydrogen-bond acceptors (Lipinski definition) is 5. The lowest BCUT2D eigenvalue weighted by Gasteiger charge is -2.29. The first-order chi connectivity index (χ1) is 16.1. The second-order valence-electron chi connectivity index (χ2n) is 8.95. The van der Waals surface area contributed by atoms with Crippen LogP contribution >= 0.6 is 0 Å². The molecule has 0 bridgehead atoms. The topological polar surface area (TPSA) is 71.0 Å². The fourth-order valence-corrected chi connectivity index (χ4v) is 4.19. The minimum Gasteiger partial charge on any atom is -0.494 e. The minimum atomic E-state index is -0.788. The van der Waals surface area contributed by atoms with E-state index in [0.29, 0.717) is 38.2 Å². The summed E-state index contributed by atoms with van der Waals surface area (Å²) in [6, 6.07) is 6.99. The van der Waals surface area contributed by atoms with Gasteiger partial charge in [-0.2, -0.15) is 0 Å². The highest BCUT2D eigenvalue weighted by Crippen LogP contribution is 2.23. The van der Waals surface area contributed by atoms with Gasteiger partial charge in [0.25, 0.3) is 0 Å². The summed E-state index contributed by atoms with van der Waals surface area (Å²) in [5.41, 5.74) is 0.758. The van der Waals surface area contributed by atoms with Crippen molar-refractivity contribution in [2.45, 2.75) is 76.4 Å². The number of halogens is 1. The molecule has 2 rings (SSSR count). The molecule has 7 heteroatoms. The number of carbonyl (C=O) groups excluding carboxylic acids is 1. The van der Waals surface area contributed by atoms with Crippen molar-refractivity contribution in [1.29, 1.82) is 0 Å². The minimum absolute atomic E-state index is 0.00274. The molecule has 0 radical (unpaired) electrons. The quantitative estimate of drug-likeness (QED) is 0.314. The average Bonchev–Trinajstić information content (AvgIpc) is 3.34. The van der Waals surface area contributed by atoms with Crippen molar-refractivity contribution in [3.05, 3.63) is 29.8 Å². The van der Waals surface area contributed by atoms with Gasteiger partial charge in [0.05, 0.1) is 19.3 Å². The first-order valence-corrected chi connectivity index (χ1v) is 12.6. The maximum atomic E-state index is 12.6. The van der Waals surface area contributed by atoms with Gasteiger partial charge in [0.2, 0.25) is 5.91 Å². The molecule has 2 atom stereocenters. The molecule has 1 amide bonds. The number of nitrogens with zero attached hydrogens (tertiary/aromatic N) is 1. The van der Waals surface area contributed by atoms with Crippen molar-refractivity contribution >= 4 is 5.91 Å². The number of rotatable bonds is 18. The van der Waals surface area contributed by atoms with E-state index in [0.717, 1.165) is 70.2 Å². The van der Waals surface area contributed by atoms with Gasteiger partial charge in [-0.15, -0.1) is 0 Å². The van der Waals surface area contributed by atoms with Crippen molar-refractivity contribution in [2.75, 3.05) is 46.6 Å². The van der Waals surface area contributed by atoms with E-state index in [9.17, 15) is 14.3 Å². The number of nitrogens with one attached hydrogen (secondary N) is 1. The Balaban J connectivity index is 1.85. The molecule has 2 N–H and O–H groups in total. The molecule has 1 saturated heterocycles. The third-order valence-electron chi connectivity index (χ3n) is 6.15. The largest absolute Gasteiger partial charge is 0.494 e. The summed E-state index contributed by atoms with van der Waals surface area (Å²) in [5, 5.41) is 14.2. The maximum Gasteiger partial charge on any atom is 0.220 e. The van der Waals surface area contributed by atoms with Gasteiger partial charge in [-0.3, -0.25) is 9.18 Å². The van der Waals surface area contributed by atoms with Gasteiger partial charge in [-0.05, 0) is 69.3 Å². The van der Waals surface area contributed by atoms with E-state index < -0.39 is 6.10 Å². The van der Waals surface area contributed by atoms with Crippen LogP contribution in [-0.4, -0.2) is 68.6 Å². The zero-order chi connectivity index (χ0) is 23.7. The SMILES string of the molecule is COCCCCCCCC(=O)N[C@H](CN1CCCC1)[C@H](O)c1ccc(OCCCCF)cc1. The van der Waals surface area contributed by atoms with Crippen LogP contribution in [0.2, 0.25) is 0 Å². The summed E-state index contributed by atoms with van der Waals surface area (Å²) in [6.07, 6.45) is 8.39. The Bertz CT molecular complexity index is 638. The Morgan fingerprint density at radius 3 is 2.39 bits per heavy atom. The maximum absolute atomic E-state index is 12.6. The summed E-state index contributed by atoms with van der Waals surface area (Å²) in [4.78, 5) is 14.9. The van der Waals surface area contributed by atoms with Gasteiger partial charge in [0, 0.05) is 26.7 Å². The Morgan fingerprint density at radius 1 is 1.03 bits per heavy atom. The van der Waals surface area contributed by atoms with Crippen LogP contribution in [0.1, 0.15) is 75.9 Å². The van der Waals surface area contributed by atoms with Crippen LogP contribution in [0.15, 0.2) is 24.3 Å². The number of likely N-dealkylation sites (tertiary alicyclic amines) is 1. The van der Waals surface area contributed by atoms with E-state index in [1.807, 2.05) is 24.3 Å². The zero-order valence-electron chi connectivity index (χ0n) is 20.3. The molecule has 0 saturated carbocycles. The summed E-state index contributed by atoms with van der Waals surface area (Å²) in [6.45, 7) is 3.60. The van der Waals surface area contributed by atoms with Gasteiger partial charge in [-0.25, -0.2) is 0 Å². The summed E-state index contributed by atoms with van der Waals surface area (Å²) in [5.74, 6) is 0.707. The van der Waals surface area contributed by atoms with Crippen LogP contribution in [0, 0.1) is 0 Å². The molecule has 6 nitrogen and oxygen atoms in total. The van der Waals surface area contributed by atoms with Crippen molar-refractivity contribution < 1.29 is 23.8 Å². The van der Waals surface area contributed by atoms with Gasteiger partial charge in [0.1, 0.15) is 11.9 Å². The number of aliphatic hydroxyl groups excluding tert-OH is 1. The van der Waals surface area contributed by atoms with Crippen LogP contribution in [0.4, 0.5) is 4.39 Å². The third kappa shape index (κ3) is 11.3. The molecule has 1 aliphatic heterocycles. The number of amides is 1. The lowest BCUT2D eigenvalue weighted by Crippen LogP contribution is -2.46. The van der Waals surface area contributed by atoms with Crippen molar-refractivity contribution in [3.8, 4) is 5.75 Å². The Hall–Kier alpha value is -1.70. The number of ether oxygens (including phenoxy) is 2. The number of alkyl halides is 1. The van der Waals surface area contributed by atoms with Crippen LogP contribution < -0.4 is 10.1 Å². The van der Waals surface area contributed by atoms with Crippen molar-refractivity contribution in [3.63, 3.8) is 0 Å². The lowest BCUT2D eigenvalue weighted by molar-refractivity contribution is -0.123. The number of hydrogen-bond donors (Lipinski definition) is 2. The van der Waals surface area contributed by atoms with Crippen LogP contribution in [0.5, 0.6) is 5.75 Å². The highest BCUT2D eigenvalue weighted by molar-refractivity contribution is 5.76. The first-order valence-electron chi connectivity index (χ1n) is 12.6. The Kier molecular flexibility index (Phi) is 14.1. The van der Waals surface area contributed by atoms with Gasteiger partial charge >= 0.3 is 0 Å². The highest BCUT2D eigenvalue weighted by Gasteiger charge is 2.26. The fraction of sp³-hybridized carbons (Fsp3) is 0.731. The smallest absolute Gasteiger partial charge is 0.220 e. The normalized spacial score (nSPS) is 16.0. The molecule has 0 aromatic heterocycles. The molecule has 188 valence electrons. The fourth-order valence-electron chi connectivity index (χ4n) is 4.19. The molecular formula is C26H43FN2O4. The third-order valence-corrected chi connectivity index (χ3v) is 6.15. The van der Waals surface area contributed by atoms with Crippen molar-refractivity contribution in [1.82, 2.24) is 10.2 Å². The van der Waals surface area contributed by atoms with E-state index >= 15 is 0 Å². The number of benzene rings is 1. The monoisotopic (exact) mass is 466 g/mol. The van der Waals surface area contributed by atoms with E-state index in [4.69, 9.17) is 9.47 Å². The lowest BCUT2D eigenvalue weighted by atomic mass is 10.0. The number of methoxy groups -OCH3 is 1. The molecule has 1 aromatic carbocycles. The van der Waals surface area contributed by atoms with Gasteiger partial charge in [-0.1, -0.05) is 31.4 Å². The molecular weight excluding hydrogens is 423 g/mol. The number of unbranched alkanes of at least 4 members (excludes halogenated alkanes) is 5. The van der Waals surface area contributed by atoms with Crippen molar-refractivity contribution in [2.24, 2.45) is 0 Å². The molecule has 1 fully saturated rings. The van der Waals surface area contributed by atoms with E-state index in [-0.39, 0.29) is 18.6 Å². The number of carbonyl (C=O) groups is 1.